The van der Waals surface area contributed by atoms with Gasteiger partial charge in [0.15, 0.2) is 0 Å². The fourth-order valence-corrected chi connectivity index (χ4v) is 1.21. The quantitative estimate of drug-likeness (QED) is 0.421. The molecule has 2 heterocycles. The lowest BCUT2D eigenvalue weighted by Crippen LogP contribution is -2.52. The molecule has 4 N–H and O–H groups in total. The number of guanidine groups is 1. The Bertz CT molecular complexity index is 421. The molecule has 8 nitrogen and oxygen atoms in total. The van der Waals surface area contributed by atoms with Crippen LogP contribution in [0.15, 0.2) is 23.6 Å². The van der Waals surface area contributed by atoms with Gasteiger partial charge in [0, 0.05) is 18.9 Å². The Balaban J connectivity index is 1.85. The Kier molecular flexibility index (Phi) is 3.46. The molecule has 90 valence electrons. The molecular weight excluding hydrogens is 224 g/mol. The molecule has 1 unspecified atom stereocenters. The summed E-state index contributed by atoms with van der Waals surface area (Å²) in [5, 5.41) is 12.0. The highest BCUT2D eigenvalue weighted by molar-refractivity contribution is 5.93. The maximum atomic E-state index is 11.5. The molecule has 0 aliphatic carbocycles. The molecule has 0 saturated carbocycles. The van der Waals surface area contributed by atoms with E-state index in [-0.39, 0.29) is 5.69 Å². The predicted molar refractivity (Wildman–Crippen MR) is 58.9 cm³/mol. The van der Waals surface area contributed by atoms with E-state index in [1.54, 1.807) is 0 Å². The zero-order valence-electron chi connectivity index (χ0n) is 8.92. The van der Waals surface area contributed by atoms with E-state index in [4.69, 9.17) is 0 Å². The predicted octanol–water partition coefficient (Wildman–Crippen LogP) is -1.97. The number of hydrogen-bond acceptors (Lipinski definition) is 7. The first kappa shape index (κ1) is 11.3. The summed E-state index contributed by atoms with van der Waals surface area (Å²) in [6.45, 7) is 0.698. The first-order chi connectivity index (χ1) is 8.25. The van der Waals surface area contributed by atoms with Crippen molar-refractivity contribution in [1.29, 1.82) is 0 Å². The second-order valence-electron chi connectivity index (χ2n) is 3.39. The van der Waals surface area contributed by atoms with E-state index in [0.29, 0.717) is 19.0 Å². The number of rotatable bonds is 1. The van der Waals surface area contributed by atoms with Crippen LogP contribution in [0, 0.1) is 0 Å². The smallest absolute Gasteiger partial charge is 0.289 e. The minimum Gasteiger partial charge on any atom is -0.389 e. The number of aliphatic hydroxyl groups is 1. The van der Waals surface area contributed by atoms with Gasteiger partial charge in [-0.2, -0.15) is 0 Å². The number of amides is 1. The van der Waals surface area contributed by atoms with Gasteiger partial charge >= 0.3 is 0 Å². The van der Waals surface area contributed by atoms with Crippen LogP contribution in [0.5, 0.6) is 0 Å². The van der Waals surface area contributed by atoms with Crippen LogP contribution in [0.3, 0.4) is 0 Å². The highest BCUT2D eigenvalue weighted by Crippen LogP contribution is 1.90. The van der Waals surface area contributed by atoms with Crippen molar-refractivity contribution in [2.75, 3.05) is 13.1 Å². The molecule has 0 fully saturated rings. The third-order valence-corrected chi connectivity index (χ3v) is 2.06. The Morgan fingerprint density at radius 3 is 3.06 bits per heavy atom. The maximum Gasteiger partial charge on any atom is 0.289 e. The van der Waals surface area contributed by atoms with Gasteiger partial charge in [-0.25, -0.2) is 9.98 Å². The first-order valence-corrected chi connectivity index (χ1v) is 5.04. The van der Waals surface area contributed by atoms with Crippen LogP contribution >= 0.6 is 0 Å². The van der Waals surface area contributed by atoms with Gasteiger partial charge in [-0.15, -0.1) is 0 Å². The number of hydrazine groups is 1. The summed E-state index contributed by atoms with van der Waals surface area (Å²) < 4.78 is 0. The van der Waals surface area contributed by atoms with Crippen LogP contribution in [-0.2, 0) is 0 Å². The monoisotopic (exact) mass is 236 g/mol. The summed E-state index contributed by atoms with van der Waals surface area (Å²) in [5.74, 6) is 0.00117. The average molecular weight is 236 g/mol. The van der Waals surface area contributed by atoms with Crippen LogP contribution in [0.1, 0.15) is 10.5 Å². The molecule has 8 heteroatoms. The lowest BCUT2D eigenvalue weighted by Gasteiger charge is -2.19. The van der Waals surface area contributed by atoms with Crippen molar-refractivity contribution >= 4 is 11.9 Å². The molecule has 0 radical (unpaired) electrons. The van der Waals surface area contributed by atoms with Crippen molar-refractivity contribution < 1.29 is 9.90 Å². The Hall–Kier alpha value is -2.22. The lowest BCUT2D eigenvalue weighted by molar-refractivity contribution is 0.0937. The molecule has 1 amide bonds. The molecule has 0 bridgehead atoms. The molecule has 1 aromatic heterocycles. The van der Waals surface area contributed by atoms with E-state index in [0.717, 1.165) is 0 Å². The van der Waals surface area contributed by atoms with Gasteiger partial charge < -0.3 is 10.4 Å². The van der Waals surface area contributed by atoms with E-state index in [1.807, 2.05) is 0 Å². The minimum absolute atomic E-state index is 0.205. The number of β-amino-alcohol motifs (C(OH)–C–C–N with tert-alkyl or cyclic N) is 1. The molecule has 1 aromatic rings. The summed E-state index contributed by atoms with van der Waals surface area (Å²) >= 11 is 0. The van der Waals surface area contributed by atoms with Gasteiger partial charge in [0.1, 0.15) is 5.69 Å². The molecule has 0 aromatic carbocycles. The van der Waals surface area contributed by atoms with Crippen LogP contribution < -0.4 is 16.2 Å². The van der Waals surface area contributed by atoms with Gasteiger partial charge in [-0.3, -0.25) is 20.6 Å². The highest BCUT2D eigenvalue weighted by Gasteiger charge is 2.12. The summed E-state index contributed by atoms with van der Waals surface area (Å²) in [6, 6.07) is 0. The molecule has 17 heavy (non-hydrogen) atoms. The second-order valence-corrected chi connectivity index (χ2v) is 3.39. The molecule has 1 atom stereocenters. The topological polar surface area (TPSA) is 112 Å². The van der Waals surface area contributed by atoms with Crippen molar-refractivity contribution in [2.24, 2.45) is 4.99 Å². The zero-order chi connectivity index (χ0) is 12.1. The molecule has 0 spiro atoms. The number of carbonyl (C=O) groups excluding carboxylic acids is 1. The Labute approximate surface area is 97.2 Å². The molecular formula is C9H12N6O2. The van der Waals surface area contributed by atoms with Crippen LogP contribution in [0.25, 0.3) is 0 Å². The standard InChI is InChI=1S/C9H12N6O2/c16-6-3-12-9(13-4-6)15-14-8(17)7-5-10-1-2-11-7/h1-2,5-6,16H,3-4H2,(H,14,17)(H2,12,13,15). The largest absolute Gasteiger partial charge is 0.389 e. The number of aliphatic hydroxyl groups excluding tert-OH is 1. The number of nitrogens with one attached hydrogen (secondary N) is 3. The number of nitrogens with zero attached hydrogens (tertiary/aromatic N) is 3. The zero-order valence-corrected chi connectivity index (χ0v) is 8.92. The average Bonchev–Trinajstić information content (AvgIpc) is 2.39. The highest BCUT2D eigenvalue weighted by atomic mass is 16.3. The third kappa shape index (κ3) is 3.11. The molecule has 1 aliphatic rings. The van der Waals surface area contributed by atoms with Gasteiger partial charge in [-0.05, 0) is 0 Å². The fraction of sp³-hybridized carbons (Fsp3) is 0.333. The normalized spacial score (nSPS) is 18.9. The van der Waals surface area contributed by atoms with E-state index in [1.165, 1.54) is 18.6 Å². The van der Waals surface area contributed by atoms with Crippen molar-refractivity contribution in [3.05, 3.63) is 24.3 Å². The van der Waals surface area contributed by atoms with E-state index in [2.05, 4.69) is 31.1 Å². The summed E-state index contributed by atoms with van der Waals surface area (Å²) in [5.41, 5.74) is 5.22. The number of aromatic nitrogens is 2. The van der Waals surface area contributed by atoms with E-state index in [9.17, 15) is 9.90 Å². The second kappa shape index (κ2) is 5.21. The van der Waals surface area contributed by atoms with Crippen LogP contribution in [-0.4, -0.2) is 46.1 Å². The third-order valence-electron chi connectivity index (χ3n) is 2.06. The van der Waals surface area contributed by atoms with Crippen LogP contribution in [0.4, 0.5) is 0 Å². The summed E-state index contributed by atoms with van der Waals surface area (Å²) in [7, 11) is 0. The van der Waals surface area contributed by atoms with Crippen LogP contribution in [0.2, 0.25) is 0 Å². The van der Waals surface area contributed by atoms with Gasteiger partial charge in [-0.1, -0.05) is 0 Å². The fourth-order valence-electron chi connectivity index (χ4n) is 1.21. The Morgan fingerprint density at radius 2 is 2.41 bits per heavy atom. The number of carbonyl (C=O) groups is 1. The number of aliphatic imine (C=N–C) groups is 1. The molecule has 2 rings (SSSR count). The maximum absolute atomic E-state index is 11.5. The van der Waals surface area contributed by atoms with Gasteiger partial charge in [0.25, 0.3) is 5.91 Å². The van der Waals surface area contributed by atoms with E-state index < -0.39 is 12.0 Å². The minimum atomic E-state index is -0.490. The van der Waals surface area contributed by atoms with Crippen molar-refractivity contribution in [3.63, 3.8) is 0 Å². The number of hydrogen-bond donors (Lipinski definition) is 4. The van der Waals surface area contributed by atoms with Gasteiger partial charge in [0.05, 0.1) is 18.8 Å². The summed E-state index contributed by atoms with van der Waals surface area (Å²) in [6.07, 6.45) is 3.79. The van der Waals surface area contributed by atoms with E-state index >= 15 is 0 Å². The van der Waals surface area contributed by atoms with Crippen molar-refractivity contribution in [3.8, 4) is 0 Å². The molecule has 1 aliphatic heterocycles. The van der Waals surface area contributed by atoms with Crippen molar-refractivity contribution in [2.45, 2.75) is 6.10 Å². The summed E-state index contributed by atoms with van der Waals surface area (Å²) in [4.78, 5) is 23.1. The Morgan fingerprint density at radius 1 is 1.53 bits per heavy atom. The van der Waals surface area contributed by atoms with Crippen molar-refractivity contribution in [1.82, 2.24) is 26.1 Å². The van der Waals surface area contributed by atoms with Gasteiger partial charge in [0.2, 0.25) is 5.96 Å². The SMILES string of the molecule is O=C(NNC1=NCC(O)CN1)c1cnccn1. The first-order valence-electron chi connectivity index (χ1n) is 5.04. The molecule has 0 saturated heterocycles. The lowest BCUT2D eigenvalue weighted by atomic mass is 10.3.